The predicted octanol–water partition coefficient (Wildman–Crippen LogP) is 5.14. The molecule has 1 unspecified atom stereocenters. The van der Waals surface area contributed by atoms with E-state index in [-0.39, 0.29) is 21.7 Å². The number of halogens is 4. The van der Waals surface area contributed by atoms with Gasteiger partial charge in [0.25, 0.3) is 15.9 Å². The number of nitrogens with one attached hydrogen (secondary N) is 2. The van der Waals surface area contributed by atoms with Crippen molar-refractivity contribution in [3.63, 3.8) is 0 Å². The van der Waals surface area contributed by atoms with Crippen molar-refractivity contribution in [1.82, 2.24) is 5.32 Å². The summed E-state index contributed by atoms with van der Waals surface area (Å²) in [6.45, 7) is 1.51. The zero-order chi connectivity index (χ0) is 23.5. The molecule has 10 heteroatoms. The van der Waals surface area contributed by atoms with Crippen LogP contribution < -0.4 is 10.0 Å². The van der Waals surface area contributed by atoms with Gasteiger partial charge in [-0.05, 0) is 55.0 Å². The summed E-state index contributed by atoms with van der Waals surface area (Å²) in [6.07, 6.45) is -4.52. The highest BCUT2D eigenvalue weighted by Crippen LogP contribution is 2.30. The van der Waals surface area contributed by atoms with Crippen LogP contribution in [0.25, 0.3) is 0 Å². The summed E-state index contributed by atoms with van der Waals surface area (Å²) in [5, 5.41) is 2.55. The van der Waals surface area contributed by atoms with Crippen molar-refractivity contribution in [3.05, 3.63) is 95.3 Å². The summed E-state index contributed by atoms with van der Waals surface area (Å²) >= 11 is 0. The third kappa shape index (κ3) is 5.44. The average Bonchev–Trinajstić information content (AvgIpc) is 2.75. The van der Waals surface area contributed by atoms with E-state index in [2.05, 4.69) is 10.0 Å². The first-order valence-corrected chi connectivity index (χ1v) is 10.8. The zero-order valence-corrected chi connectivity index (χ0v) is 17.5. The molecule has 0 radical (unpaired) electrons. The second-order valence-corrected chi connectivity index (χ2v) is 8.61. The molecular weight excluding hydrogens is 448 g/mol. The van der Waals surface area contributed by atoms with Gasteiger partial charge >= 0.3 is 6.18 Å². The molecule has 0 aliphatic heterocycles. The van der Waals surface area contributed by atoms with Gasteiger partial charge in [-0.2, -0.15) is 13.2 Å². The Kier molecular flexibility index (Phi) is 6.54. The smallest absolute Gasteiger partial charge is 0.346 e. The van der Waals surface area contributed by atoms with Crippen LogP contribution in [0.3, 0.4) is 0 Å². The number of para-hydroxylation sites is 1. The molecule has 32 heavy (non-hydrogen) atoms. The zero-order valence-electron chi connectivity index (χ0n) is 16.7. The Balaban J connectivity index is 1.79. The number of hydrogen-bond acceptors (Lipinski definition) is 3. The van der Waals surface area contributed by atoms with Crippen LogP contribution in [-0.4, -0.2) is 14.3 Å². The molecule has 3 aromatic carbocycles. The average molecular weight is 466 g/mol. The number of hydrogen-bond donors (Lipinski definition) is 2. The second-order valence-electron chi connectivity index (χ2n) is 6.93. The molecule has 3 aromatic rings. The van der Waals surface area contributed by atoms with Crippen molar-refractivity contribution < 1.29 is 30.8 Å². The summed E-state index contributed by atoms with van der Waals surface area (Å²) in [6, 6.07) is 14.0. The molecule has 0 bridgehead atoms. The molecule has 0 saturated carbocycles. The van der Waals surface area contributed by atoms with Gasteiger partial charge in [-0.1, -0.05) is 30.3 Å². The molecule has 0 saturated heterocycles. The van der Waals surface area contributed by atoms with Crippen LogP contribution in [0, 0.1) is 5.82 Å². The van der Waals surface area contributed by atoms with Gasteiger partial charge in [0, 0.05) is 5.56 Å². The minimum atomic E-state index is -4.52. The van der Waals surface area contributed by atoms with E-state index < -0.39 is 39.5 Å². The minimum absolute atomic E-state index is 0.0276. The van der Waals surface area contributed by atoms with Crippen molar-refractivity contribution in [1.29, 1.82) is 0 Å². The molecule has 0 heterocycles. The Morgan fingerprint density at radius 1 is 0.938 bits per heavy atom. The Hall–Kier alpha value is -3.40. The summed E-state index contributed by atoms with van der Waals surface area (Å²) in [5.74, 6) is -1.45. The van der Waals surface area contributed by atoms with Crippen LogP contribution in [0.1, 0.15) is 34.5 Å². The maximum atomic E-state index is 13.8. The monoisotopic (exact) mass is 466 g/mol. The lowest BCUT2D eigenvalue weighted by Crippen LogP contribution is -2.27. The van der Waals surface area contributed by atoms with Gasteiger partial charge in [-0.3, -0.25) is 9.52 Å². The maximum absolute atomic E-state index is 13.8. The maximum Gasteiger partial charge on any atom is 0.416 e. The fourth-order valence-electron chi connectivity index (χ4n) is 2.90. The van der Waals surface area contributed by atoms with E-state index in [9.17, 15) is 30.8 Å². The molecule has 1 atom stereocenters. The predicted molar refractivity (Wildman–Crippen MR) is 111 cm³/mol. The van der Waals surface area contributed by atoms with E-state index >= 15 is 0 Å². The summed E-state index contributed by atoms with van der Waals surface area (Å²) < 4.78 is 79.8. The van der Waals surface area contributed by atoms with Crippen molar-refractivity contribution in [3.8, 4) is 0 Å². The molecule has 0 fully saturated rings. The van der Waals surface area contributed by atoms with E-state index in [0.717, 1.165) is 24.3 Å². The highest BCUT2D eigenvalue weighted by molar-refractivity contribution is 7.92. The first-order valence-electron chi connectivity index (χ1n) is 9.33. The topological polar surface area (TPSA) is 75.3 Å². The summed E-state index contributed by atoms with van der Waals surface area (Å²) in [7, 11) is -4.19. The first kappa shape index (κ1) is 23.3. The highest BCUT2D eigenvalue weighted by Gasteiger charge is 2.30. The van der Waals surface area contributed by atoms with Crippen LogP contribution >= 0.6 is 0 Å². The van der Waals surface area contributed by atoms with Crippen molar-refractivity contribution in [2.45, 2.75) is 24.0 Å². The molecule has 0 aliphatic carbocycles. The Morgan fingerprint density at radius 3 is 2.31 bits per heavy atom. The highest BCUT2D eigenvalue weighted by atomic mass is 32.2. The molecule has 0 aromatic heterocycles. The fraction of sp³-hybridized carbons (Fsp3) is 0.136. The summed E-state index contributed by atoms with van der Waals surface area (Å²) in [4.78, 5) is 12.3. The molecular formula is C22H18F4N2O3S. The Bertz CT molecular complexity index is 1240. The van der Waals surface area contributed by atoms with Gasteiger partial charge < -0.3 is 5.32 Å². The number of carbonyl (C=O) groups is 1. The number of carbonyl (C=O) groups excluding carboxylic acids is 1. The van der Waals surface area contributed by atoms with E-state index in [1.807, 2.05) is 0 Å². The van der Waals surface area contributed by atoms with Crippen molar-refractivity contribution in [2.75, 3.05) is 4.72 Å². The largest absolute Gasteiger partial charge is 0.416 e. The van der Waals surface area contributed by atoms with E-state index in [4.69, 9.17) is 0 Å². The van der Waals surface area contributed by atoms with E-state index in [1.165, 1.54) is 55.5 Å². The number of sulfonamides is 1. The number of benzene rings is 3. The number of alkyl halides is 3. The normalized spacial score (nSPS) is 12.8. The number of amides is 1. The van der Waals surface area contributed by atoms with Crippen LogP contribution in [-0.2, 0) is 16.2 Å². The van der Waals surface area contributed by atoms with Gasteiger partial charge in [0.2, 0.25) is 0 Å². The lowest BCUT2D eigenvalue weighted by Gasteiger charge is -2.17. The van der Waals surface area contributed by atoms with Crippen LogP contribution in [0.5, 0.6) is 0 Å². The molecule has 2 N–H and O–H groups in total. The molecule has 168 valence electrons. The van der Waals surface area contributed by atoms with E-state index in [1.54, 1.807) is 0 Å². The second kappa shape index (κ2) is 8.99. The van der Waals surface area contributed by atoms with Gasteiger partial charge in [-0.25, -0.2) is 12.8 Å². The Morgan fingerprint density at radius 2 is 1.62 bits per heavy atom. The molecule has 1 amide bonds. The lowest BCUT2D eigenvalue weighted by atomic mass is 10.0. The van der Waals surface area contributed by atoms with Crippen molar-refractivity contribution >= 4 is 21.6 Å². The SMILES string of the molecule is CC(NC(=O)c1cccc(S(=O)(=O)Nc2ccccc2F)c1)c1cccc(C(F)(F)F)c1. The van der Waals surface area contributed by atoms with Gasteiger partial charge in [-0.15, -0.1) is 0 Å². The van der Waals surface area contributed by atoms with Crippen LogP contribution in [0.15, 0.2) is 77.7 Å². The Labute approximate surface area is 182 Å². The summed E-state index contributed by atoms with van der Waals surface area (Å²) in [5.41, 5.74) is -0.887. The lowest BCUT2D eigenvalue weighted by molar-refractivity contribution is -0.137. The van der Waals surface area contributed by atoms with Gasteiger partial charge in [0.15, 0.2) is 0 Å². The quantitative estimate of drug-likeness (QED) is 0.494. The van der Waals surface area contributed by atoms with Crippen LogP contribution in [0.4, 0.5) is 23.2 Å². The number of anilines is 1. The van der Waals surface area contributed by atoms with E-state index in [0.29, 0.717) is 0 Å². The van der Waals surface area contributed by atoms with Crippen LogP contribution in [0.2, 0.25) is 0 Å². The fourth-order valence-corrected chi connectivity index (χ4v) is 4.01. The van der Waals surface area contributed by atoms with Gasteiger partial charge in [0.05, 0.1) is 22.2 Å². The molecule has 3 rings (SSSR count). The van der Waals surface area contributed by atoms with Crippen molar-refractivity contribution in [2.24, 2.45) is 0 Å². The molecule has 0 aliphatic rings. The molecule has 0 spiro atoms. The molecule has 5 nitrogen and oxygen atoms in total. The number of rotatable bonds is 6. The van der Waals surface area contributed by atoms with Gasteiger partial charge in [0.1, 0.15) is 5.82 Å². The third-order valence-electron chi connectivity index (χ3n) is 4.59. The standard InChI is InChI=1S/C22H18F4N2O3S/c1-14(15-6-4-8-17(12-15)22(24,25)26)27-21(29)16-7-5-9-18(13-16)32(30,31)28-20-11-3-2-10-19(20)23/h2-14,28H,1H3,(H,27,29). The first-order chi connectivity index (χ1) is 15.0. The minimum Gasteiger partial charge on any atom is -0.346 e. The third-order valence-corrected chi connectivity index (χ3v) is 5.95.